The van der Waals surface area contributed by atoms with Gasteiger partial charge in [0.15, 0.2) is 6.10 Å². The maximum absolute atomic E-state index is 13.2. The average Bonchev–Trinajstić information content (AvgIpc) is 3.18. The highest BCUT2D eigenvalue weighted by molar-refractivity contribution is 5.94. The highest BCUT2D eigenvalue weighted by Crippen LogP contribution is 2.24. The zero-order valence-electron chi connectivity index (χ0n) is 15.8. The van der Waals surface area contributed by atoms with E-state index in [-0.39, 0.29) is 24.3 Å². The quantitative estimate of drug-likeness (QED) is 0.812. The summed E-state index contributed by atoms with van der Waals surface area (Å²) in [6, 6.07) is 4.60. The third kappa shape index (κ3) is 4.14. The van der Waals surface area contributed by atoms with E-state index in [0.717, 1.165) is 0 Å². The van der Waals surface area contributed by atoms with E-state index in [1.165, 1.54) is 12.5 Å². The van der Waals surface area contributed by atoms with Gasteiger partial charge in [-0.05, 0) is 24.1 Å². The van der Waals surface area contributed by atoms with E-state index in [1.807, 2.05) is 0 Å². The summed E-state index contributed by atoms with van der Waals surface area (Å²) in [6.07, 6.45) is 5.97. The second kappa shape index (κ2) is 8.44. The fourth-order valence-electron chi connectivity index (χ4n) is 3.67. The summed E-state index contributed by atoms with van der Waals surface area (Å²) >= 11 is 0. The van der Waals surface area contributed by atoms with Gasteiger partial charge in [-0.3, -0.25) is 19.4 Å². The molecule has 1 N–H and O–H groups in total. The van der Waals surface area contributed by atoms with Crippen molar-refractivity contribution in [1.82, 2.24) is 20.1 Å². The first-order valence-corrected chi connectivity index (χ1v) is 9.54. The lowest BCUT2D eigenvalue weighted by Crippen LogP contribution is -2.54. The van der Waals surface area contributed by atoms with Crippen molar-refractivity contribution < 1.29 is 23.5 Å². The number of morpholine rings is 1. The molecule has 9 heteroatoms. The minimum absolute atomic E-state index is 0.109. The molecule has 4 rings (SSSR count). The lowest BCUT2D eigenvalue weighted by Gasteiger charge is -2.34. The summed E-state index contributed by atoms with van der Waals surface area (Å²) in [5.41, 5.74) is 1.21. The Morgan fingerprint density at radius 2 is 1.97 bits per heavy atom. The van der Waals surface area contributed by atoms with Crippen LogP contribution in [-0.4, -0.2) is 71.4 Å². The molecule has 0 radical (unpaired) electrons. The lowest BCUT2D eigenvalue weighted by molar-refractivity contribution is -0.155. The van der Waals surface area contributed by atoms with Crippen LogP contribution in [-0.2, 0) is 14.3 Å². The van der Waals surface area contributed by atoms with Gasteiger partial charge < -0.3 is 24.3 Å². The van der Waals surface area contributed by atoms with Crippen molar-refractivity contribution in [3.8, 4) is 0 Å². The molecule has 9 nitrogen and oxygen atoms in total. The van der Waals surface area contributed by atoms with E-state index in [1.54, 1.807) is 40.4 Å². The van der Waals surface area contributed by atoms with Gasteiger partial charge in [0.25, 0.3) is 11.8 Å². The van der Waals surface area contributed by atoms with Crippen LogP contribution >= 0.6 is 0 Å². The second-order valence-electron chi connectivity index (χ2n) is 7.05. The number of carbonyl (C=O) groups is 3. The fraction of sp³-hybridized carbons (Fsp3) is 0.400. The number of hydrogen-bond donors (Lipinski definition) is 1. The molecule has 3 amide bonds. The molecule has 0 spiro atoms. The maximum atomic E-state index is 13.2. The van der Waals surface area contributed by atoms with Crippen molar-refractivity contribution >= 4 is 17.7 Å². The largest absolute Gasteiger partial charge is 0.472 e. The summed E-state index contributed by atoms with van der Waals surface area (Å²) in [5.74, 6) is -0.574. The average molecular weight is 398 g/mol. The minimum atomic E-state index is -0.826. The predicted octanol–water partition coefficient (Wildman–Crippen LogP) is 0.605. The first-order chi connectivity index (χ1) is 14.1. The molecule has 2 aliphatic heterocycles. The topological polar surface area (TPSA) is 105 Å². The Hall–Kier alpha value is -3.20. The summed E-state index contributed by atoms with van der Waals surface area (Å²) in [6.45, 7) is 1.73. The van der Waals surface area contributed by atoms with Gasteiger partial charge in [-0.2, -0.15) is 0 Å². The molecule has 2 aromatic rings. The number of amides is 3. The number of aromatic nitrogens is 1. The molecule has 0 aromatic carbocycles. The smallest absolute Gasteiger partial charge is 0.257 e. The zero-order chi connectivity index (χ0) is 20.2. The Labute approximate surface area is 167 Å². The summed E-state index contributed by atoms with van der Waals surface area (Å²) in [7, 11) is 0. The maximum Gasteiger partial charge on any atom is 0.257 e. The number of ether oxygens (including phenoxy) is 1. The number of hydrogen-bond acceptors (Lipinski definition) is 6. The zero-order valence-corrected chi connectivity index (χ0v) is 15.8. The molecule has 0 saturated carbocycles. The minimum Gasteiger partial charge on any atom is -0.472 e. The van der Waals surface area contributed by atoms with E-state index in [0.29, 0.717) is 43.7 Å². The molecule has 0 aliphatic carbocycles. The van der Waals surface area contributed by atoms with Gasteiger partial charge in [0.2, 0.25) is 5.91 Å². The molecule has 152 valence electrons. The van der Waals surface area contributed by atoms with Crippen LogP contribution in [0.15, 0.2) is 47.5 Å². The molecule has 2 atom stereocenters. The van der Waals surface area contributed by atoms with Crippen molar-refractivity contribution in [3.63, 3.8) is 0 Å². The Morgan fingerprint density at radius 1 is 1.14 bits per heavy atom. The highest BCUT2D eigenvalue weighted by Gasteiger charge is 2.39. The number of furan rings is 1. The molecular formula is C20H22N4O5. The van der Waals surface area contributed by atoms with Gasteiger partial charge in [-0.1, -0.05) is 6.07 Å². The lowest BCUT2D eigenvalue weighted by atomic mass is 10.0. The van der Waals surface area contributed by atoms with Gasteiger partial charge in [0, 0.05) is 38.6 Å². The molecule has 2 fully saturated rings. The number of pyridine rings is 1. The molecule has 2 saturated heterocycles. The van der Waals surface area contributed by atoms with Crippen LogP contribution in [0.4, 0.5) is 0 Å². The van der Waals surface area contributed by atoms with Crippen LogP contribution in [0.5, 0.6) is 0 Å². The van der Waals surface area contributed by atoms with Gasteiger partial charge >= 0.3 is 0 Å². The van der Waals surface area contributed by atoms with E-state index in [2.05, 4.69) is 10.3 Å². The van der Waals surface area contributed by atoms with E-state index in [4.69, 9.17) is 9.15 Å². The monoisotopic (exact) mass is 398 g/mol. The molecule has 2 aliphatic rings. The van der Waals surface area contributed by atoms with Gasteiger partial charge in [-0.15, -0.1) is 0 Å². The van der Waals surface area contributed by atoms with Crippen molar-refractivity contribution in [2.24, 2.45) is 0 Å². The second-order valence-corrected chi connectivity index (χ2v) is 7.05. The summed E-state index contributed by atoms with van der Waals surface area (Å²) < 4.78 is 10.6. The van der Waals surface area contributed by atoms with Crippen molar-refractivity contribution in [2.75, 3.05) is 32.8 Å². The summed E-state index contributed by atoms with van der Waals surface area (Å²) in [4.78, 5) is 45.1. The molecule has 0 bridgehead atoms. The third-order valence-corrected chi connectivity index (χ3v) is 5.16. The normalized spacial score (nSPS) is 22.7. The molecule has 0 unspecified atom stereocenters. The number of nitrogens with one attached hydrogen (secondary N) is 1. The molecule has 2 aromatic heterocycles. The van der Waals surface area contributed by atoms with E-state index < -0.39 is 12.1 Å². The van der Waals surface area contributed by atoms with Crippen LogP contribution < -0.4 is 5.32 Å². The number of carbonyl (C=O) groups excluding carboxylic acids is 3. The van der Waals surface area contributed by atoms with Gasteiger partial charge in [-0.25, -0.2) is 0 Å². The van der Waals surface area contributed by atoms with Crippen LogP contribution in [0.1, 0.15) is 28.4 Å². The van der Waals surface area contributed by atoms with Gasteiger partial charge in [0.1, 0.15) is 12.9 Å². The Balaban J connectivity index is 1.45. The SMILES string of the molecule is O=C1CO[C@H](C(=O)N2CCCN(C(=O)c3ccoc3)CC2)[C@@H](c2cccnc2)N1. The third-order valence-electron chi connectivity index (χ3n) is 5.16. The van der Waals surface area contributed by atoms with Crippen molar-refractivity contribution in [1.29, 1.82) is 0 Å². The first-order valence-electron chi connectivity index (χ1n) is 9.54. The van der Waals surface area contributed by atoms with Crippen LogP contribution in [0.25, 0.3) is 0 Å². The Kier molecular flexibility index (Phi) is 5.57. The Morgan fingerprint density at radius 3 is 2.72 bits per heavy atom. The number of rotatable bonds is 3. The molecular weight excluding hydrogens is 376 g/mol. The van der Waals surface area contributed by atoms with Crippen LogP contribution in [0, 0.1) is 0 Å². The molecule has 29 heavy (non-hydrogen) atoms. The standard InChI is InChI=1S/C20H22N4O5/c25-16-13-29-18(17(22-16)14-3-1-5-21-11-14)20(27)24-7-2-6-23(8-9-24)19(26)15-4-10-28-12-15/h1,3-5,10-12,17-18H,2,6-9,13H2,(H,22,25)/t17-,18+/m1/s1. The summed E-state index contributed by atoms with van der Waals surface area (Å²) in [5, 5.41) is 2.84. The number of nitrogens with zero attached hydrogens (tertiary/aromatic N) is 3. The first kappa shape index (κ1) is 19.1. The fourth-order valence-corrected chi connectivity index (χ4v) is 3.67. The van der Waals surface area contributed by atoms with Crippen molar-refractivity contribution in [2.45, 2.75) is 18.6 Å². The van der Waals surface area contributed by atoms with Crippen LogP contribution in [0.3, 0.4) is 0 Å². The van der Waals surface area contributed by atoms with Crippen LogP contribution in [0.2, 0.25) is 0 Å². The van der Waals surface area contributed by atoms with E-state index in [9.17, 15) is 14.4 Å². The molecule has 4 heterocycles. The van der Waals surface area contributed by atoms with E-state index >= 15 is 0 Å². The highest BCUT2D eigenvalue weighted by atomic mass is 16.5. The van der Waals surface area contributed by atoms with Crippen molar-refractivity contribution in [3.05, 3.63) is 54.2 Å². The Bertz CT molecular complexity index is 870. The predicted molar refractivity (Wildman–Crippen MR) is 101 cm³/mol. The van der Waals surface area contributed by atoms with Gasteiger partial charge in [0.05, 0.1) is 17.9 Å².